The highest BCUT2D eigenvalue weighted by molar-refractivity contribution is 7.89. The van der Waals surface area contributed by atoms with Gasteiger partial charge in [0, 0.05) is 28.2 Å². The van der Waals surface area contributed by atoms with Crippen LogP contribution in [0.4, 0.5) is 17.1 Å². The molecule has 0 fully saturated rings. The van der Waals surface area contributed by atoms with E-state index in [0.717, 1.165) is 4.70 Å². The fourth-order valence-corrected chi connectivity index (χ4v) is 7.04. The number of anilines is 3. The first-order chi connectivity index (χ1) is 17.7. The van der Waals surface area contributed by atoms with Crippen molar-refractivity contribution in [3.05, 3.63) is 75.6 Å². The highest BCUT2D eigenvalue weighted by Crippen LogP contribution is 2.38. The number of nitrogens with zero attached hydrogens (tertiary/aromatic N) is 1. The number of amides is 1. The molecule has 0 saturated heterocycles. The van der Waals surface area contributed by atoms with Gasteiger partial charge < -0.3 is 15.4 Å². The van der Waals surface area contributed by atoms with E-state index in [2.05, 4.69) is 10.6 Å². The lowest BCUT2D eigenvalue weighted by molar-refractivity contribution is 0.103. The Kier molecular flexibility index (Phi) is 8.30. The second kappa shape index (κ2) is 11.3. The molecule has 0 unspecified atom stereocenters. The van der Waals surface area contributed by atoms with E-state index < -0.39 is 15.9 Å². The van der Waals surface area contributed by atoms with E-state index in [-0.39, 0.29) is 10.6 Å². The van der Waals surface area contributed by atoms with E-state index >= 15 is 0 Å². The first kappa shape index (κ1) is 27.2. The molecule has 11 heteroatoms. The van der Waals surface area contributed by atoms with Crippen LogP contribution < -0.4 is 15.4 Å². The quantitative estimate of drug-likeness (QED) is 0.219. The topological polar surface area (TPSA) is 87.7 Å². The van der Waals surface area contributed by atoms with E-state index in [4.69, 9.17) is 27.9 Å². The number of hydrogen-bond donors (Lipinski definition) is 2. The van der Waals surface area contributed by atoms with Crippen LogP contribution in [0, 0.1) is 0 Å². The molecule has 0 aliphatic rings. The fraction of sp³-hybridized carbons (Fsp3) is 0.192. The predicted molar refractivity (Wildman–Crippen MR) is 153 cm³/mol. The molecule has 0 bridgehead atoms. The largest absolute Gasteiger partial charge is 0.495 e. The molecule has 0 atom stereocenters. The van der Waals surface area contributed by atoms with Gasteiger partial charge in [-0.3, -0.25) is 4.79 Å². The number of methoxy groups -OCH3 is 1. The van der Waals surface area contributed by atoms with Crippen LogP contribution in [-0.4, -0.2) is 38.8 Å². The van der Waals surface area contributed by atoms with Crippen molar-refractivity contribution in [1.82, 2.24) is 4.31 Å². The van der Waals surface area contributed by atoms with Crippen LogP contribution in [0.5, 0.6) is 5.75 Å². The molecule has 1 amide bonds. The summed E-state index contributed by atoms with van der Waals surface area (Å²) in [6.45, 7) is 4.19. The second-order valence-corrected chi connectivity index (χ2v) is 11.8. The van der Waals surface area contributed by atoms with Crippen molar-refractivity contribution in [2.24, 2.45) is 0 Å². The van der Waals surface area contributed by atoms with Gasteiger partial charge in [0.1, 0.15) is 10.6 Å². The smallest absolute Gasteiger partial charge is 0.267 e. The predicted octanol–water partition coefficient (Wildman–Crippen LogP) is 7.24. The molecule has 0 radical (unpaired) electrons. The zero-order valence-electron chi connectivity index (χ0n) is 20.3. The van der Waals surface area contributed by atoms with Crippen molar-refractivity contribution >= 4 is 77.6 Å². The van der Waals surface area contributed by atoms with Crippen LogP contribution in [0.2, 0.25) is 10.0 Å². The van der Waals surface area contributed by atoms with Gasteiger partial charge in [-0.05, 0) is 42.5 Å². The molecular weight excluding hydrogens is 553 g/mol. The zero-order valence-corrected chi connectivity index (χ0v) is 23.5. The lowest BCUT2D eigenvalue weighted by atomic mass is 10.2. The number of benzene rings is 3. The maximum atomic E-state index is 13.4. The maximum Gasteiger partial charge on any atom is 0.267 e. The number of halogens is 2. The van der Waals surface area contributed by atoms with E-state index in [1.54, 1.807) is 51.3 Å². The SMILES string of the molecule is CCN(CC)S(=O)(=O)c1ccc(Nc2ccccc2OC)c(NC(=O)c2sc3cc(Cl)ccc3c2Cl)c1. The Hall–Kier alpha value is -2.82. The molecular formula is C26H25Cl2N3O4S2. The molecule has 0 spiro atoms. The third-order valence-corrected chi connectivity index (χ3v) is 9.69. The van der Waals surface area contributed by atoms with Gasteiger partial charge in [-0.2, -0.15) is 4.31 Å². The van der Waals surface area contributed by atoms with Crippen molar-refractivity contribution in [3.8, 4) is 5.75 Å². The Morgan fingerprint density at radius 1 is 0.973 bits per heavy atom. The summed E-state index contributed by atoms with van der Waals surface area (Å²) in [6.07, 6.45) is 0. The Labute approximate surface area is 230 Å². The number of hydrogen-bond acceptors (Lipinski definition) is 6. The molecule has 4 rings (SSSR count). The number of fused-ring (bicyclic) bond motifs is 1. The summed E-state index contributed by atoms with van der Waals surface area (Å²) in [5, 5.41) is 7.65. The van der Waals surface area contributed by atoms with E-state index in [1.807, 2.05) is 18.2 Å². The zero-order chi connectivity index (χ0) is 26.7. The minimum atomic E-state index is -3.77. The Bertz CT molecular complexity index is 1570. The first-order valence-corrected chi connectivity index (χ1v) is 14.4. The van der Waals surface area contributed by atoms with Crippen LogP contribution in [0.1, 0.15) is 23.5 Å². The van der Waals surface area contributed by atoms with Crippen LogP contribution in [0.3, 0.4) is 0 Å². The number of nitrogens with one attached hydrogen (secondary N) is 2. The molecule has 1 aromatic heterocycles. The van der Waals surface area contributed by atoms with E-state index in [9.17, 15) is 13.2 Å². The van der Waals surface area contributed by atoms with Crippen LogP contribution in [0.15, 0.2) is 65.6 Å². The van der Waals surface area contributed by atoms with Crippen LogP contribution in [0.25, 0.3) is 10.1 Å². The highest BCUT2D eigenvalue weighted by atomic mass is 35.5. The molecule has 3 aromatic carbocycles. The summed E-state index contributed by atoms with van der Waals surface area (Å²) in [7, 11) is -2.21. The minimum absolute atomic E-state index is 0.0614. The summed E-state index contributed by atoms with van der Waals surface area (Å²) < 4.78 is 34.0. The standard InChI is InChI=1S/C26H25Cl2N3O4S2/c1-4-31(5-2)37(33,34)17-11-13-19(29-20-8-6-7-9-22(20)35-3)21(15-17)30-26(32)25-24(28)18-12-10-16(27)14-23(18)36-25/h6-15,29H,4-5H2,1-3H3,(H,30,32). The third kappa shape index (κ3) is 5.56. The van der Waals surface area contributed by atoms with Gasteiger partial charge in [0.05, 0.1) is 34.1 Å². The number of sulfonamides is 1. The second-order valence-electron chi connectivity index (χ2n) is 7.96. The van der Waals surface area contributed by atoms with Crippen molar-refractivity contribution < 1.29 is 17.9 Å². The van der Waals surface area contributed by atoms with Gasteiger partial charge in [0.25, 0.3) is 5.91 Å². The summed E-state index contributed by atoms with van der Waals surface area (Å²) in [5.41, 5.74) is 1.40. The number of para-hydroxylation sites is 2. The van der Waals surface area contributed by atoms with Crippen molar-refractivity contribution in [2.45, 2.75) is 18.7 Å². The summed E-state index contributed by atoms with van der Waals surface area (Å²) in [5.74, 6) is 0.117. The molecule has 194 valence electrons. The summed E-state index contributed by atoms with van der Waals surface area (Å²) >= 11 is 13.8. The molecule has 4 aromatic rings. The minimum Gasteiger partial charge on any atom is -0.495 e. The Morgan fingerprint density at radius 3 is 2.41 bits per heavy atom. The van der Waals surface area contributed by atoms with E-state index in [1.165, 1.54) is 27.8 Å². The van der Waals surface area contributed by atoms with Gasteiger partial charge in [-0.1, -0.05) is 55.2 Å². The summed E-state index contributed by atoms with van der Waals surface area (Å²) in [4.78, 5) is 13.7. The first-order valence-electron chi connectivity index (χ1n) is 11.4. The molecule has 0 aliphatic carbocycles. The van der Waals surface area contributed by atoms with Crippen LogP contribution in [-0.2, 0) is 10.0 Å². The molecule has 0 saturated carbocycles. The van der Waals surface area contributed by atoms with E-state index in [0.29, 0.717) is 50.5 Å². The lowest BCUT2D eigenvalue weighted by Crippen LogP contribution is -2.30. The van der Waals surface area contributed by atoms with Gasteiger partial charge >= 0.3 is 0 Å². The number of thiophene rings is 1. The van der Waals surface area contributed by atoms with Crippen molar-refractivity contribution in [2.75, 3.05) is 30.8 Å². The van der Waals surface area contributed by atoms with Gasteiger partial charge in [0.15, 0.2) is 0 Å². The van der Waals surface area contributed by atoms with Gasteiger partial charge in [-0.15, -0.1) is 11.3 Å². The third-order valence-electron chi connectivity index (χ3n) is 5.76. The maximum absolute atomic E-state index is 13.4. The number of ether oxygens (including phenoxy) is 1. The van der Waals surface area contributed by atoms with Crippen molar-refractivity contribution in [3.63, 3.8) is 0 Å². The van der Waals surface area contributed by atoms with Crippen LogP contribution >= 0.6 is 34.5 Å². The Morgan fingerprint density at radius 2 is 1.70 bits per heavy atom. The van der Waals surface area contributed by atoms with Gasteiger partial charge in [0.2, 0.25) is 10.0 Å². The molecule has 7 nitrogen and oxygen atoms in total. The monoisotopic (exact) mass is 577 g/mol. The highest BCUT2D eigenvalue weighted by Gasteiger charge is 2.24. The molecule has 2 N–H and O–H groups in total. The fourth-order valence-electron chi connectivity index (χ4n) is 3.87. The van der Waals surface area contributed by atoms with Crippen molar-refractivity contribution in [1.29, 1.82) is 0 Å². The average Bonchev–Trinajstić information content (AvgIpc) is 3.21. The average molecular weight is 579 g/mol. The van der Waals surface area contributed by atoms with Gasteiger partial charge in [-0.25, -0.2) is 8.42 Å². The lowest BCUT2D eigenvalue weighted by Gasteiger charge is -2.20. The molecule has 37 heavy (non-hydrogen) atoms. The molecule has 1 heterocycles. The molecule has 0 aliphatic heterocycles. The summed E-state index contributed by atoms with van der Waals surface area (Å²) in [6, 6.07) is 17.1. The number of carbonyl (C=O) groups is 1. The normalized spacial score (nSPS) is 11.6. The number of rotatable bonds is 9. The number of carbonyl (C=O) groups excluding carboxylic acids is 1. The Balaban J connectivity index is 1.78.